The number of nitrogens with zero attached hydrogens (tertiary/aromatic N) is 5. The first-order valence-corrected chi connectivity index (χ1v) is 11.1. The molecule has 0 radical (unpaired) electrons. The molecule has 0 saturated carbocycles. The highest BCUT2D eigenvalue weighted by Crippen LogP contribution is 2.29. The van der Waals surface area contributed by atoms with Crippen LogP contribution in [0.1, 0.15) is 22.8 Å². The predicted octanol–water partition coefficient (Wildman–Crippen LogP) is 2.72. The second-order valence-corrected chi connectivity index (χ2v) is 8.34. The molecule has 1 amide bonds. The molecule has 0 atom stereocenters. The SMILES string of the molecule is COc1ccc2c(c1)c1ncn(Cc3nc(C)no3)c(=O)c1n2CC(=O)NCc1ccc(C)cc1. The molecule has 3 heterocycles. The Morgan fingerprint density at radius 2 is 1.94 bits per heavy atom. The number of fused-ring (bicyclic) bond motifs is 3. The zero-order valence-electron chi connectivity index (χ0n) is 19.6. The Balaban J connectivity index is 1.54. The van der Waals surface area contributed by atoms with Crippen molar-refractivity contribution in [3.05, 3.63) is 82.0 Å². The summed E-state index contributed by atoms with van der Waals surface area (Å²) in [7, 11) is 1.58. The van der Waals surface area contributed by atoms with Crippen LogP contribution in [0, 0.1) is 13.8 Å². The van der Waals surface area contributed by atoms with Crippen molar-refractivity contribution in [2.45, 2.75) is 33.5 Å². The molecular formula is C25H24N6O4. The maximum atomic E-state index is 13.5. The highest BCUT2D eigenvalue weighted by molar-refractivity contribution is 6.06. The smallest absolute Gasteiger partial charge is 0.278 e. The van der Waals surface area contributed by atoms with Gasteiger partial charge in [0.1, 0.15) is 29.9 Å². The van der Waals surface area contributed by atoms with Crippen molar-refractivity contribution in [3.63, 3.8) is 0 Å². The van der Waals surface area contributed by atoms with Crippen molar-refractivity contribution >= 4 is 27.8 Å². The number of carbonyl (C=O) groups excluding carboxylic acids is 1. The molecule has 0 aliphatic rings. The van der Waals surface area contributed by atoms with E-state index < -0.39 is 0 Å². The average Bonchev–Trinajstić information content (AvgIpc) is 3.41. The van der Waals surface area contributed by atoms with E-state index >= 15 is 0 Å². The lowest BCUT2D eigenvalue weighted by molar-refractivity contribution is -0.121. The van der Waals surface area contributed by atoms with Gasteiger partial charge in [-0.05, 0) is 37.6 Å². The van der Waals surface area contributed by atoms with Crippen LogP contribution in [0.2, 0.25) is 0 Å². The molecule has 0 fully saturated rings. The number of amides is 1. The molecular weight excluding hydrogens is 448 g/mol. The van der Waals surface area contributed by atoms with Crippen molar-refractivity contribution in [2.24, 2.45) is 0 Å². The molecule has 35 heavy (non-hydrogen) atoms. The second kappa shape index (κ2) is 9.05. The summed E-state index contributed by atoms with van der Waals surface area (Å²) in [4.78, 5) is 35.2. The maximum absolute atomic E-state index is 13.5. The summed E-state index contributed by atoms with van der Waals surface area (Å²) in [6.45, 7) is 4.15. The van der Waals surface area contributed by atoms with Gasteiger partial charge in [-0.3, -0.25) is 14.2 Å². The predicted molar refractivity (Wildman–Crippen MR) is 129 cm³/mol. The minimum atomic E-state index is -0.313. The van der Waals surface area contributed by atoms with Gasteiger partial charge in [0.05, 0.1) is 19.0 Å². The van der Waals surface area contributed by atoms with Gasteiger partial charge >= 0.3 is 0 Å². The standard InChI is InChI=1S/C25H24N6O4/c1-15-4-6-17(7-5-15)11-26-21(32)12-31-20-9-8-18(34-3)10-19(20)23-24(31)25(33)30(14-27-23)13-22-28-16(2)29-35-22/h4-10,14H,11-13H2,1-3H3,(H,26,32). The Bertz CT molecular complexity index is 1600. The highest BCUT2D eigenvalue weighted by atomic mass is 16.5. The summed E-state index contributed by atoms with van der Waals surface area (Å²) < 4.78 is 13.6. The molecule has 178 valence electrons. The van der Waals surface area contributed by atoms with Gasteiger partial charge in [0, 0.05) is 11.9 Å². The summed E-state index contributed by atoms with van der Waals surface area (Å²) in [6.07, 6.45) is 1.45. The quantitative estimate of drug-likeness (QED) is 0.387. The third-order valence-corrected chi connectivity index (χ3v) is 5.82. The van der Waals surface area contributed by atoms with Gasteiger partial charge in [-0.2, -0.15) is 4.98 Å². The third kappa shape index (κ3) is 4.37. The number of carbonyl (C=O) groups is 1. The molecule has 2 aromatic carbocycles. The third-order valence-electron chi connectivity index (χ3n) is 5.82. The van der Waals surface area contributed by atoms with Crippen LogP contribution in [0.15, 0.2) is 58.1 Å². The lowest BCUT2D eigenvalue weighted by Crippen LogP contribution is -2.29. The van der Waals surface area contributed by atoms with Crippen LogP contribution in [0.3, 0.4) is 0 Å². The van der Waals surface area contributed by atoms with Crippen LogP contribution in [0.25, 0.3) is 21.9 Å². The Morgan fingerprint density at radius 3 is 2.66 bits per heavy atom. The van der Waals surface area contributed by atoms with Crippen LogP contribution >= 0.6 is 0 Å². The fourth-order valence-electron chi connectivity index (χ4n) is 4.04. The first kappa shape index (κ1) is 22.3. The normalized spacial score (nSPS) is 11.3. The van der Waals surface area contributed by atoms with Gasteiger partial charge in [-0.15, -0.1) is 0 Å². The number of aryl methyl sites for hydroxylation is 2. The number of nitrogens with one attached hydrogen (secondary N) is 1. The number of methoxy groups -OCH3 is 1. The Labute approximate surface area is 200 Å². The molecule has 3 aromatic heterocycles. The van der Waals surface area contributed by atoms with Gasteiger partial charge in [0.25, 0.3) is 5.56 Å². The van der Waals surface area contributed by atoms with E-state index in [2.05, 4.69) is 20.4 Å². The largest absolute Gasteiger partial charge is 0.497 e. The monoisotopic (exact) mass is 472 g/mol. The van der Waals surface area contributed by atoms with Gasteiger partial charge in [-0.25, -0.2) is 4.98 Å². The van der Waals surface area contributed by atoms with Crippen molar-refractivity contribution < 1.29 is 14.1 Å². The number of hydrogen-bond donors (Lipinski definition) is 1. The molecule has 0 spiro atoms. The van der Waals surface area contributed by atoms with E-state index in [0.717, 1.165) is 16.5 Å². The van der Waals surface area contributed by atoms with E-state index in [1.807, 2.05) is 43.3 Å². The molecule has 10 nitrogen and oxygen atoms in total. The number of aromatic nitrogens is 5. The minimum absolute atomic E-state index is 0.0429. The Morgan fingerprint density at radius 1 is 1.14 bits per heavy atom. The first-order chi connectivity index (χ1) is 16.9. The molecule has 0 saturated heterocycles. The number of ether oxygens (including phenoxy) is 1. The summed E-state index contributed by atoms with van der Waals surface area (Å²) in [5.74, 6) is 1.19. The first-order valence-electron chi connectivity index (χ1n) is 11.1. The molecule has 0 bridgehead atoms. The minimum Gasteiger partial charge on any atom is -0.497 e. The molecule has 0 unspecified atom stereocenters. The van der Waals surface area contributed by atoms with E-state index in [9.17, 15) is 9.59 Å². The van der Waals surface area contributed by atoms with Crippen molar-refractivity contribution in [2.75, 3.05) is 7.11 Å². The van der Waals surface area contributed by atoms with Crippen molar-refractivity contribution in [1.29, 1.82) is 0 Å². The van der Waals surface area contributed by atoms with E-state index in [-0.39, 0.29) is 24.6 Å². The van der Waals surface area contributed by atoms with Crippen LogP contribution < -0.4 is 15.6 Å². The fourth-order valence-corrected chi connectivity index (χ4v) is 4.04. The van der Waals surface area contributed by atoms with E-state index in [4.69, 9.17) is 9.26 Å². The van der Waals surface area contributed by atoms with Crippen molar-refractivity contribution in [3.8, 4) is 5.75 Å². The van der Waals surface area contributed by atoms with Gasteiger partial charge in [0.15, 0.2) is 5.82 Å². The summed E-state index contributed by atoms with van der Waals surface area (Å²) in [6, 6.07) is 13.4. The van der Waals surface area contributed by atoms with Crippen molar-refractivity contribution in [1.82, 2.24) is 29.6 Å². The summed E-state index contributed by atoms with van der Waals surface area (Å²) in [5, 5.41) is 7.44. The Hall–Kier alpha value is -4.47. The van der Waals surface area contributed by atoms with E-state index in [0.29, 0.717) is 40.6 Å². The second-order valence-electron chi connectivity index (χ2n) is 8.34. The van der Waals surface area contributed by atoms with Gasteiger partial charge in [0.2, 0.25) is 11.8 Å². The van der Waals surface area contributed by atoms with E-state index in [1.165, 1.54) is 10.9 Å². The van der Waals surface area contributed by atoms with Crippen LogP contribution in [0.5, 0.6) is 5.75 Å². The van der Waals surface area contributed by atoms with Crippen LogP contribution in [0.4, 0.5) is 0 Å². The van der Waals surface area contributed by atoms with Gasteiger partial charge in [-0.1, -0.05) is 35.0 Å². The molecule has 1 N–H and O–H groups in total. The molecule has 5 rings (SSSR count). The lowest BCUT2D eigenvalue weighted by atomic mass is 10.1. The van der Waals surface area contributed by atoms with Crippen LogP contribution in [-0.2, 0) is 24.4 Å². The molecule has 5 aromatic rings. The number of hydrogen-bond acceptors (Lipinski definition) is 7. The fraction of sp³-hybridized carbons (Fsp3) is 0.240. The zero-order valence-corrected chi connectivity index (χ0v) is 19.6. The van der Waals surface area contributed by atoms with Gasteiger partial charge < -0.3 is 19.1 Å². The zero-order chi connectivity index (χ0) is 24.5. The number of rotatable bonds is 7. The summed E-state index contributed by atoms with van der Waals surface area (Å²) >= 11 is 0. The summed E-state index contributed by atoms with van der Waals surface area (Å²) in [5.41, 5.74) is 3.36. The molecule has 10 heteroatoms. The lowest BCUT2D eigenvalue weighted by Gasteiger charge is -2.10. The van der Waals surface area contributed by atoms with E-state index in [1.54, 1.807) is 24.7 Å². The number of benzene rings is 2. The molecule has 0 aliphatic heterocycles. The topological polar surface area (TPSA) is 117 Å². The van der Waals surface area contributed by atoms with Crippen LogP contribution in [-0.4, -0.2) is 37.3 Å². The average molecular weight is 473 g/mol. The molecule has 0 aliphatic carbocycles. The Kier molecular flexibility index (Phi) is 5.77. The highest BCUT2D eigenvalue weighted by Gasteiger charge is 2.20. The maximum Gasteiger partial charge on any atom is 0.278 e.